The third kappa shape index (κ3) is 4.81. The molecule has 0 atom stereocenters. The van der Waals surface area contributed by atoms with Gasteiger partial charge in [-0.1, -0.05) is 14.0 Å². The van der Waals surface area contributed by atoms with E-state index in [4.69, 9.17) is 4.74 Å². The van der Waals surface area contributed by atoms with E-state index in [1.54, 1.807) is 13.2 Å². The Morgan fingerprint density at radius 1 is 1.09 bits per heavy atom. The Bertz CT molecular complexity index is 1230. The smallest absolute Gasteiger partial charge is 0.418 e. The van der Waals surface area contributed by atoms with Crippen LogP contribution in [0.1, 0.15) is 31.2 Å². The molecule has 0 amide bonds. The molecule has 2 saturated carbocycles. The van der Waals surface area contributed by atoms with Crippen molar-refractivity contribution in [1.82, 2.24) is 14.9 Å². The number of fused-ring (bicyclic) bond motifs is 1. The van der Waals surface area contributed by atoms with Gasteiger partial charge in [-0.05, 0) is 55.4 Å². The van der Waals surface area contributed by atoms with Gasteiger partial charge < -0.3 is 20.4 Å². The number of ether oxygens (including phenoxy) is 1. The third-order valence-corrected chi connectivity index (χ3v) is 9.56. The molecular weight excluding hydrogens is 474 g/mol. The second-order valence-corrected chi connectivity index (χ2v) is 12.2. The summed E-state index contributed by atoms with van der Waals surface area (Å²) in [6, 6.07) is 8.95. The second kappa shape index (κ2) is 8.86. The normalized spacial score (nSPS) is 19.8. The van der Waals surface area contributed by atoms with Gasteiger partial charge in [0.05, 0.1) is 23.7 Å². The number of aromatic amines is 1. The quantitative estimate of drug-likeness (QED) is 0.372. The highest BCUT2D eigenvalue weighted by atomic mass is 31.1. The number of rotatable bonds is 7. The fourth-order valence-electron chi connectivity index (χ4n) is 4.89. The lowest BCUT2D eigenvalue weighted by Crippen LogP contribution is -2.37. The molecule has 35 heavy (non-hydrogen) atoms. The highest BCUT2D eigenvalue weighted by Crippen LogP contribution is 2.43. The SMILES string of the molecule is COc1cc(P2CCN(C3CC3)CC2)ccc1Nc1cc(NC2CC2)c2c(C(F)(F)F)c[nH]c2n1. The number of methoxy groups -OCH3 is 1. The first-order chi connectivity index (χ1) is 16.9. The van der Waals surface area contributed by atoms with Crippen LogP contribution in [0.4, 0.5) is 30.4 Å². The van der Waals surface area contributed by atoms with Crippen molar-refractivity contribution in [3.8, 4) is 5.75 Å². The van der Waals surface area contributed by atoms with E-state index in [2.05, 4.69) is 37.6 Å². The Morgan fingerprint density at radius 3 is 2.51 bits per heavy atom. The summed E-state index contributed by atoms with van der Waals surface area (Å²) in [6.45, 7) is 2.35. The molecule has 3 fully saturated rings. The van der Waals surface area contributed by atoms with Crippen LogP contribution in [0.3, 0.4) is 0 Å². The average molecular weight is 504 g/mol. The number of hydrogen-bond acceptors (Lipinski definition) is 5. The van der Waals surface area contributed by atoms with Crippen LogP contribution >= 0.6 is 7.92 Å². The van der Waals surface area contributed by atoms with Gasteiger partial charge in [0.1, 0.15) is 17.2 Å². The number of alkyl halides is 3. The zero-order chi connectivity index (χ0) is 24.2. The molecule has 186 valence electrons. The van der Waals surface area contributed by atoms with Crippen molar-refractivity contribution in [2.75, 3.05) is 43.2 Å². The minimum atomic E-state index is -4.45. The van der Waals surface area contributed by atoms with Crippen molar-refractivity contribution in [2.45, 2.75) is 43.9 Å². The van der Waals surface area contributed by atoms with Gasteiger partial charge in [-0.25, -0.2) is 4.98 Å². The van der Waals surface area contributed by atoms with Gasteiger partial charge in [-0.2, -0.15) is 13.2 Å². The lowest BCUT2D eigenvalue weighted by atomic mass is 10.1. The molecule has 6 rings (SSSR count). The van der Waals surface area contributed by atoms with Crippen LogP contribution in [0, 0.1) is 0 Å². The molecule has 0 bridgehead atoms. The number of halogens is 3. The van der Waals surface area contributed by atoms with Crippen molar-refractivity contribution in [1.29, 1.82) is 0 Å². The Morgan fingerprint density at radius 2 is 1.86 bits per heavy atom. The van der Waals surface area contributed by atoms with E-state index in [1.165, 1.54) is 43.6 Å². The monoisotopic (exact) mass is 503 g/mol. The molecule has 2 aromatic heterocycles. The maximum Gasteiger partial charge on any atom is 0.418 e. The zero-order valence-electron chi connectivity index (χ0n) is 19.6. The molecule has 1 aliphatic heterocycles. The number of nitrogens with zero attached hydrogens (tertiary/aromatic N) is 2. The summed E-state index contributed by atoms with van der Waals surface area (Å²) < 4.78 is 46.4. The molecule has 3 aromatic rings. The lowest BCUT2D eigenvalue weighted by Gasteiger charge is -2.32. The predicted octanol–water partition coefficient (Wildman–Crippen LogP) is 5.49. The molecule has 2 aliphatic carbocycles. The predicted molar refractivity (Wildman–Crippen MR) is 135 cm³/mol. The van der Waals surface area contributed by atoms with Crippen molar-refractivity contribution in [3.05, 3.63) is 36.0 Å². The summed E-state index contributed by atoms with van der Waals surface area (Å²) >= 11 is 0. The van der Waals surface area contributed by atoms with Crippen LogP contribution < -0.4 is 20.7 Å². The fraction of sp³-hybridized carbons (Fsp3) is 0.480. The average Bonchev–Trinajstić information content (AvgIpc) is 3.77. The Kier molecular flexibility index (Phi) is 5.80. The maximum absolute atomic E-state index is 13.6. The van der Waals surface area contributed by atoms with Crippen LogP contribution in [-0.2, 0) is 6.18 Å². The van der Waals surface area contributed by atoms with E-state index in [0.717, 1.165) is 36.5 Å². The van der Waals surface area contributed by atoms with Gasteiger partial charge in [0.25, 0.3) is 0 Å². The largest absolute Gasteiger partial charge is 0.495 e. The van der Waals surface area contributed by atoms with Gasteiger partial charge in [0.15, 0.2) is 0 Å². The van der Waals surface area contributed by atoms with Crippen molar-refractivity contribution in [3.63, 3.8) is 0 Å². The van der Waals surface area contributed by atoms with Gasteiger partial charge in [0.2, 0.25) is 0 Å². The lowest BCUT2D eigenvalue weighted by molar-refractivity contribution is -0.136. The summed E-state index contributed by atoms with van der Waals surface area (Å²) in [7, 11) is 1.43. The molecule has 0 radical (unpaired) electrons. The third-order valence-electron chi connectivity index (χ3n) is 7.07. The zero-order valence-corrected chi connectivity index (χ0v) is 20.5. The molecule has 3 aliphatic rings. The summed E-state index contributed by atoms with van der Waals surface area (Å²) in [5.74, 6) is 1.18. The number of pyridine rings is 1. The molecule has 0 spiro atoms. The van der Waals surface area contributed by atoms with Crippen molar-refractivity contribution >= 4 is 41.5 Å². The first-order valence-corrected chi connectivity index (χ1v) is 13.9. The molecule has 3 heterocycles. The summed E-state index contributed by atoms with van der Waals surface area (Å²) in [6.07, 6.45) is 3.57. The topological polar surface area (TPSA) is 65.2 Å². The van der Waals surface area contributed by atoms with E-state index in [-0.39, 0.29) is 25.0 Å². The molecule has 1 aromatic carbocycles. The Labute approximate surface area is 203 Å². The first kappa shape index (κ1) is 22.9. The Balaban J connectivity index is 1.26. The van der Waals surface area contributed by atoms with Crippen LogP contribution in [0.2, 0.25) is 0 Å². The van der Waals surface area contributed by atoms with E-state index >= 15 is 0 Å². The fourth-order valence-corrected chi connectivity index (χ4v) is 7.21. The molecular formula is C25H29F3N5OP. The second-order valence-electron chi connectivity index (χ2n) is 9.66. The van der Waals surface area contributed by atoms with E-state index in [0.29, 0.717) is 11.5 Å². The summed E-state index contributed by atoms with van der Waals surface area (Å²) in [4.78, 5) is 9.79. The van der Waals surface area contributed by atoms with Crippen LogP contribution in [0.15, 0.2) is 30.5 Å². The number of anilines is 3. The summed E-state index contributed by atoms with van der Waals surface area (Å²) in [5.41, 5.74) is 0.684. The molecule has 6 nitrogen and oxygen atoms in total. The van der Waals surface area contributed by atoms with Gasteiger partial charge in [0, 0.05) is 43.1 Å². The van der Waals surface area contributed by atoms with Gasteiger partial charge in [-0.15, -0.1) is 0 Å². The number of hydrogen-bond donors (Lipinski definition) is 3. The molecule has 3 N–H and O–H groups in total. The minimum absolute atomic E-state index is 0.0811. The van der Waals surface area contributed by atoms with Gasteiger partial charge >= 0.3 is 6.18 Å². The maximum atomic E-state index is 13.6. The highest BCUT2D eigenvalue weighted by Gasteiger charge is 2.36. The van der Waals surface area contributed by atoms with Crippen molar-refractivity contribution in [2.24, 2.45) is 0 Å². The standard InChI is InChI=1S/C25H29F3N5OP/c1-34-21-12-17(35-10-8-33(9-11-35)16-4-5-16)6-7-19(21)31-22-13-20(30-15-2-3-15)23-18(25(26,27)28)14-29-24(23)32-22/h6-7,12-16H,2-5,8-11H2,1H3,(H3,29,30,31,32). The highest BCUT2D eigenvalue weighted by molar-refractivity contribution is 7.65. The minimum Gasteiger partial charge on any atom is -0.495 e. The summed E-state index contributed by atoms with van der Waals surface area (Å²) in [5, 5.41) is 7.94. The molecule has 0 unspecified atom stereocenters. The number of benzene rings is 1. The van der Waals surface area contributed by atoms with Crippen molar-refractivity contribution < 1.29 is 17.9 Å². The van der Waals surface area contributed by atoms with Crippen LogP contribution in [-0.4, -0.2) is 59.5 Å². The first-order valence-electron chi connectivity index (χ1n) is 12.2. The number of H-pyrrole nitrogens is 1. The van der Waals surface area contributed by atoms with Gasteiger partial charge in [-0.3, -0.25) is 4.90 Å². The van der Waals surface area contributed by atoms with E-state index in [9.17, 15) is 13.2 Å². The molecule has 1 saturated heterocycles. The van der Waals surface area contributed by atoms with Crippen LogP contribution in [0.5, 0.6) is 5.75 Å². The van der Waals surface area contributed by atoms with E-state index in [1.807, 2.05) is 6.07 Å². The Hall–Kier alpha value is -2.51. The van der Waals surface area contributed by atoms with E-state index < -0.39 is 11.7 Å². The number of aromatic nitrogens is 2. The van der Waals surface area contributed by atoms with Crippen LogP contribution in [0.25, 0.3) is 11.0 Å². The number of nitrogens with one attached hydrogen (secondary N) is 3. The molecule has 10 heteroatoms.